The van der Waals surface area contributed by atoms with Crippen molar-refractivity contribution in [2.45, 2.75) is 26.7 Å². The van der Waals surface area contributed by atoms with E-state index in [4.69, 9.17) is 0 Å². The van der Waals surface area contributed by atoms with E-state index in [2.05, 4.69) is 35.0 Å². The lowest BCUT2D eigenvalue weighted by Gasteiger charge is -2.05. The number of Topliss-reactive ketones (excluding diaryl/α,β-unsaturated/α-hetero) is 1. The van der Waals surface area contributed by atoms with Gasteiger partial charge in [0.15, 0.2) is 5.78 Å². The van der Waals surface area contributed by atoms with E-state index in [1.165, 1.54) is 16.7 Å². The Hall–Kier alpha value is -1.41. The molecule has 0 radical (unpaired) electrons. The molecule has 2 aromatic carbocycles. The number of halogens is 1. The molecule has 2 aromatic rings. The van der Waals surface area contributed by atoms with Crippen molar-refractivity contribution in [1.29, 1.82) is 0 Å². The van der Waals surface area contributed by atoms with Crippen LogP contribution >= 0.6 is 15.9 Å². The van der Waals surface area contributed by atoms with E-state index in [0.717, 1.165) is 16.5 Å². The molecule has 0 bridgehead atoms. The van der Waals surface area contributed by atoms with Crippen LogP contribution in [0.5, 0.6) is 0 Å². The summed E-state index contributed by atoms with van der Waals surface area (Å²) in [5, 5.41) is 0. The van der Waals surface area contributed by atoms with Gasteiger partial charge in [-0.3, -0.25) is 4.79 Å². The summed E-state index contributed by atoms with van der Waals surface area (Å²) in [5.74, 6) is 0.211. The predicted molar refractivity (Wildman–Crippen MR) is 82.7 cm³/mol. The molecule has 0 unspecified atom stereocenters. The van der Waals surface area contributed by atoms with Crippen molar-refractivity contribution < 1.29 is 4.79 Å². The molecule has 2 heteroatoms. The van der Waals surface area contributed by atoms with Gasteiger partial charge in [0.1, 0.15) is 0 Å². The normalized spacial score (nSPS) is 10.5. The molecule has 0 saturated heterocycles. The van der Waals surface area contributed by atoms with Gasteiger partial charge in [0.05, 0.1) is 0 Å². The van der Waals surface area contributed by atoms with E-state index in [0.29, 0.717) is 6.42 Å². The maximum atomic E-state index is 12.2. The number of aryl methyl sites for hydroxylation is 3. The van der Waals surface area contributed by atoms with Gasteiger partial charge in [0, 0.05) is 16.5 Å². The van der Waals surface area contributed by atoms with Crippen LogP contribution in [0.2, 0.25) is 0 Å². The average molecular weight is 317 g/mol. The standard InChI is InChI=1S/C17H17BrO/c1-12-6-8-15(10-13(12)2)17(19)9-7-14-4-3-5-16(18)11-14/h3-6,8,10-11H,7,9H2,1-2H3. The third-order valence-electron chi connectivity index (χ3n) is 3.36. The maximum Gasteiger partial charge on any atom is 0.163 e. The second-order valence-corrected chi connectivity index (χ2v) is 5.77. The smallest absolute Gasteiger partial charge is 0.163 e. The summed E-state index contributed by atoms with van der Waals surface area (Å²) in [6.07, 6.45) is 1.34. The zero-order valence-corrected chi connectivity index (χ0v) is 12.8. The van der Waals surface area contributed by atoms with Crippen LogP contribution < -0.4 is 0 Å². The third-order valence-corrected chi connectivity index (χ3v) is 3.85. The molecule has 0 N–H and O–H groups in total. The Bertz CT molecular complexity index is 602. The van der Waals surface area contributed by atoms with E-state index in [1.807, 2.05) is 37.3 Å². The second-order valence-electron chi connectivity index (χ2n) is 4.85. The van der Waals surface area contributed by atoms with Crippen molar-refractivity contribution >= 4 is 21.7 Å². The van der Waals surface area contributed by atoms with Crippen molar-refractivity contribution in [2.75, 3.05) is 0 Å². The van der Waals surface area contributed by atoms with Crippen molar-refractivity contribution in [3.63, 3.8) is 0 Å². The minimum Gasteiger partial charge on any atom is -0.294 e. The number of carbonyl (C=O) groups is 1. The van der Waals surface area contributed by atoms with Crippen LogP contribution in [0.25, 0.3) is 0 Å². The number of rotatable bonds is 4. The first-order valence-electron chi connectivity index (χ1n) is 6.41. The van der Waals surface area contributed by atoms with Gasteiger partial charge in [-0.2, -0.15) is 0 Å². The molecule has 1 nitrogen and oxygen atoms in total. The number of hydrogen-bond donors (Lipinski definition) is 0. The molecule has 0 atom stereocenters. The summed E-state index contributed by atoms with van der Waals surface area (Å²) in [6, 6.07) is 14.0. The second kappa shape index (κ2) is 6.16. The Morgan fingerprint density at radius 1 is 1.05 bits per heavy atom. The van der Waals surface area contributed by atoms with E-state index in [1.54, 1.807) is 0 Å². The largest absolute Gasteiger partial charge is 0.294 e. The highest BCUT2D eigenvalue weighted by Crippen LogP contribution is 2.16. The zero-order valence-electron chi connectivity index (χ0n) is 11.2. The minimum absolute atomic E-state index is 0.211. The van der Waals surface area contributed by atoms with Crippen LogP contribution in [-0.4, -0.2) is 5.78 Å². The molecule has 2 rings (SSSR count). The Balaban J connectivity index is 2.03. The first-order chi connectivity index (χ1) is 9.06. The topological polar surface area (TPSA) is 17.1 Å². The molecule has 0 aliphatic carbocycles. The number of hydrogen-bond acceptors (Lipinski definition) is 1. The fourth-order valence-corrected chi connectivity index (χ4v) is 2.46. The van der Waals surface area contributed by atoms with Crippen molar-refractivity contribution in [1.82, 2.24) is 0 Å². The van der Waals surface area contributed by atoms with Crippen molar-refractivity contribution in [3.05, 3.63) is 69.2 Å². The van der Waals surface area contributed by atoms with Gasteiger partial charge in [-0.05, 0) is 55.2 Å². The number of carbonyl (C=O) groups excluding carboxylic acids is 1. The maximum absolute atomic E-state index is 12.2. The Kier molecular flexibility index (Phi) is 4.54. The quantitative estimate of drug-likeness (QED) is 0.734. The van der Waals surface area contributed by atoms with Gasteiger partial charge in [0.25, 0.3) is 0 Å². The van der Waals surface area contributed by atoms with Crippen LogP contribution in [0.4, 0.5) is 0 Å². The summed E-state index contributed by atoms with van der Waals surface area (Å²) < 4.78 is 1.06. The molecular formula is C17H17BrO. The lowest BCUT2D eigenvalue weighted by Crippen LogP contribution is -2.02. The lowest BCUT2D eigenvalue weighted by molar-refractivity contribution is 0.0983. The molecule has 0 aromatic heterocycles. The van der Waals surface area contributed by atoms with Gasteiger partial charge in [-0.1, -0.05) is 40.2 Å². The summed E-state index contributed by atoms with van der Waals surface area (Å²) in [4.78, 5) is 12.2. The fraction of sp³-hybridized carbons (Fsp3) is 0.235. The van der Waals surface area contributed by atoms with Crippen LogP contribution in [0, 0.1) is 13.8 Å². The number of ketones is 1. The summed E-state index contributed by atoms with van der Waals surface area (Å²) >= 11 is 3.45. The van der Waals surface area contributed by atoms with Crippen molar-refractivity contribution in [2.24, 2.45) is 0 Å². The van der Waals surface area contributed by atoms with Crippen LogP contribution in [0.15, 0.2) is 46.9 Å². The molecule has 0 aliphatic heterocycles. The van der Waals surface area contributed by atoms with Gasteiger partial charge < -0.3 is 0 Å². The lowest BCUT2D eigenvalue weighted by atomic mass is 9.99. The molecule has 0 heterocycles. The average Bonchev–Trinajstić information content (AvgIpc) is 2.39. The van der Waals surface area contributed by atoms with Crippen LogP contribution in [0.1, 0.15) is 33.5 Å². The van der Waals surface area contributed by atoms with Crippen molar-refractivity contribution in [3.8, 4) is 0 Å². The highest BCUT2D eigenvalue weighted by Gasteiger charge is 2.07. The van der Waals surface area contributed by atoms with E-state index >= 15 is 0 Å². The molecular weight excluding hydrogens is 300 g/mol. The van der Waals surface area contributed by atoms with Gasteiger partial charge in [-0.15, -0.1) is 0 Å². The summed E-state index contributed by atoms with van der Waals surface area (Å²) in [6.45, 7) is 4.10. The van der Waals surface area contributed by atoms with E-state index in [-0.39, 0.29) is 5.78 Å². The summed E-state index contributed by atoms with van der Waals surface area (Å²) in [5.41, 5.74) is 4.40. The third kappa shape index (κ3) is 3.77. The highest BCUT2D eigenvalue weighted by molar-refractivity contribution is 9.10. The highest BCUT2D eigenvalue weighted by atomic mass is 79.9. The molecule has 0 saturated carbocycles. The molecule has 0 spiro atoms. The Labute approximate surface area is 122 Å². The van der Waals surface area contributed by atoms with Gasteiger partial charge in [0.2, 0.25) is 0 Å². The zero-order chi connectivity index (χ0) is 13.8. The Morgan fingerprint density at radius 2 is 1.84 bits per heavy atom. The predicted octanol–water partition coefficient (Wildman–Crippen LogP) is 4.88. The monoisotopic (exact) mass is 316 g/mol. The fourth-order valence-electron chi connectivity index (χ4n) is 2.01. The first kappa shape index (κ1) is 14.0. The van der Waals surface area contributed by atoms with Crippen LogP contribution in [-0.2, 0) is 6.42 Å². The molecule has 19 heavy (non-hydrogen) atoms. The minimum atomic E-state index is 0.211. The Morgan fingerprint density at radius 3 is 2.53 bits per heavy atom. The molecule has 0 fully saturated rings. The van der Waals surface area contributed by atoms with Crippen LogP contribution in [0.3, 0.4) is 0 Å². The SMILES string of the molecule is Cc1ccc(C(=O)CCc2cccc(Br)c2)cc1C. The summed E-state index contributed by atoms with van der Waals surface area (Å²) in [7, 11) is 0. The van der Waals surface area contributed by atoms with Gasteiger partial charge >= 0.3 is 0 Å². The molecule has 0 amide bonds. The first-order valence-corrected chi connectivity index (χ1v) is 7.20. The van der Waals surface area contributed by atoms with Gasteiger partial charge in [-0.25, -0.2) is 0 Å². The van der Waals surface area contributed by atoms with E-state index in [9.17, 15) is 4.79 Å². The molecule has 98 valence electrons. The van der Waals surface area contributed by atoms with E-state index < -0.39 is 0 Å². The molecule has 0 aliphatic rings. The number of benzene rings is 2.